The Morgan fingerprint density at radius 2 is 1.67 bits per heavy atom. The monoisotopic (exact) mass is 369 g/mol. The zero-order valence-corrected chi connectivity index (χ0v) is 16.6. The lowest BCUT2D eigenvalue weighted by atomic mass is 9.70. The van der Waals surface area contributed by atoms with Gasteiger partial charge in [0.05, 0.1) is 25.9 Å². The van der Waals surface area contributed by atoms with Crippen molar-refractivity contribution in [3.8, 4) is 5.75 Å². The summed E-state index contributed by atoms with van der Waals surface area (Å²) >= 11 is 0. The van der Waals surface area contributed by atoms with Gasteiger partial charge in [0.1, 0.15) is 5.75 Å². The summed E-state index contributed by atoms with van der Waals surface area (Å²) in [6.45, 7) is 8.31. The molecule has 1 fully saturated rings. The molecule has 2 aromatic rings. The highest BCUT2D eigenvalue weighted by Gasteiger charge is 2.43. The van der Waals surface area contributed by atoms with Crippen molar-refractivity contribution in [2.24, 2.45) is 5.92 Å². The van der Waals surface area contributed by atoms with Crippen molar-refractivity contribution in [1.82, 2.24) is 4.90 Å². The normalized spacial score (nSPS) is 18.9. The number of rotatable bonds is 7. The van der Waals surface area contributed by atoms with Crippen molar-refractivity contribution >= 4 is 0 Å². The van der Waals surface area contributed by atoms with Crippen molar-refractivity contribution in [2.45, 2.75) is 25.4 Å². The highest BCUT2D eigenvalue weighted by molar-refractivity contribution is 5.36. The molecule has 2 atom stereocenters. The van der Waals surface area contributed by atoms with Crippen LogP contribution >= 0.6 is 0 Å². The van der Waals surface area contributed by atoms with Crippen LogP contribution in [-0.4, -0.2) is 50.0 Å². The number of hydrogen-bond donors (Lipinski definition) is 1. The molecule has 0 bridgehead atoms. The Balaban J connectivity index is 2.01. The van der Waals surface area contributed by atoms with Crippen LogP contribution in [-0.2, 0) is 10.3 Å². The zero-order valence-electron chi connectivity index (χ0n) is 16.6. The van der Waals surface area contributed by atoms with Gasteiger partial charge in [0.15, 0.2) is 0 Å². The Morgan fingerprint density at radius 1 is 1.04 bits per heavy atom. The number of benzene rings is 2. The molecule has 146 valence electrons. The predicted molar refractivity (Wildman–Crippen MR) is 108 cm³/mol. The van der Waals surface area contributed by atoms with Crippen molar-refractivity contribution in [3.63, 3.8) is 0 Å². The van der Waals surface area contributed by atoms with E-state index in [9.17, 15) is 5.11 Å². The fourth-order valence-electron chi connectivity index (χ4n) is 4.02. The molecular formula is C23H31NO3. The molecule has 27 heavy (non-hydrogen) atoms. The summed E-state index contributed by atoms with van der Waals surface area (Å²) in [7, 11) is 1.66. The SMILES string of the molecule is COc1ccc([C@](O)(C(C)C)[C@@H](CN2CCOCC2)c2ccccc2)cc1. The van der Waals surface area contributed by atoms with Gasteiger partial charge in [-0.1, -0.05) is 56.3 Å². The average molecular weight is 370 g/mol. The van der Waals surface area contributed by atoms with Crippen LogP contribution in [0.1, 0.15) is 30.9 Å². The Labute approximate surface area is 162 Å². The lowest BCUT2D eigenvalue weighted by molar-refractivity contribution is -0.0547. The number of nitrogens with zero attached hydrogens (tertiary/aromatic N) is 1. The van der Waals surface area contributed by atoms with Crippen molar-refractivity contribution in [3.05, 3.63) is 65.7 Å². The van der Waals surface area contributed by atoms with Crippen LogP contribution in [0.3, 0.4) is 0 Å². The summed E-state index contributed by atoms with van der Waals surface area (Å²) in [6, 6.07) is 18.2. The number of hydrogen-bond acceptors (Lipinski definition) is 4. The van der Waals surface area contributed by atoms with Gasteiger partial charge in [-0.2, -0.15) is 0 Å². The maximum atomic E-state index is 12.1. The zero-order chi connectivity index (χ0) is 19.3. The van der Waals surface area contributed by atoms with Gasteiger partial charge in [0.2, 0.25) is 0 Å². The Hall–Kier alpha value is -1.88. The molecule has 0 aliphatic carbocycles. The van der Waals surface area contributed by atoms with E-state index in [4.69, 9.17) is 9.47 Å². The standard InChI is InChI=1S/C23H31NO3/c1-18(2)23(25,20-9-11-21(26-3)12-10-20)22(19-7-5-4-6-8-19)17-24-13-15-27-16-14-24/h4-12,18,22,25H,13-17H2,1-3H3/t22-,23+/m0/s1. The summed E-state index contributed by atoms with van der Waals surface area (Å²) in [4.78, 5) is 2.40. The van der Waals surface area contributed by atoms with Gasteiger partial charge >= 0.3 is 0 Å². The molecule has 1 heterocycles. The van der Waals surface area contributed by atoms with Crippen molar-refractivity contribution in [1.29, 1.82) is 0 Å². The molecule has 1 aliphatic heterocycles. The van der Waals surface area contributed by atoms with E-state index < -0.39 is 5.60 Å². The molecule has 1 saturated heterocycles. The van der Waals surface area contributed by atoms with E-state index in [1.54, 1.807) is 7.11 Å². The van der Waals surface area contributed by atoms with Gasteiger partial charge < -0.3 is 14.6 Å². The smallest absolute Gasteiger partial charge is 0.118 e. The largest absolute Gasteiger partial charge is 0.497 e. The summed E-state index contributed by atoms with van der Waals surface area (Å²) in [5, 5.41) is 12.1. The summed E-state index contributed by atoms with van der Waals surface area (Å²) in [5.41, 5.74) is 1.11. The van der Waals surface area contributed by atoms with Crippen molar-refractivity contribution in [2.75, 3.05) is 40.0 Å². The Bertz CT molecular complexity index is 695. The quantitative estimate of drug-likeness (QED) is 0.809. The summed E-state index contributed by atoms with van der Waals surface area (Å²) < 4.78 is 10.8. The van der Waals surface area contributed by atoms with Crippen LogP contribution in [0.15, 0.2) is 54.6 Å². The maximum Gasteiger partial charge on any atom is 0.118 e. The highest BCUT2D eigenvalue weighted by atomic mass is 16.5. The molecule has 0 radical (unpaired) electrons. The first-order valence-electron chi connectivity index (χ1n) is 9.77. The van der Waals surface area contributed by atoms with E-state index in [1.165, 1.54) is 0 Å². The predicted octanol–water partition coefficient (Wildman–Crippen LogP) is 3.65. The molecule has 0 unspecified atom stereocenters. The van der Waals surface area contributed by atoms with Gasteiger partial charge in [-0.25, -0.2) is 0 Å². The molecule has 3 rings (SSSR count). The molecular weight excluding hydrogens is 338 g/mol. The first-order chi connectivity index (χ1) is 13.1. The van der Waals surface area contributed by atoms with Crippen LogP contribution in [0, 0.1) is 5.92 Å². The molecule has 1 aliphatic rings. The van der Waals surface area contributed by atoms with E-state index in [0.717, 1.165) is 49.7 Å². The van der Waals surface area contributed by atoms with Gasteiger partial charge in [-0.15, -0.1) is 0 Å². The average Bonchev–Trinajstić information content (AvgIpc) is 2.73. The molecule has 4 heteroatoms. The second-order valence-corrected chi connectivity index (χ2v) is 7.58. The van der Waals surface area contributed by atoms with Crippen LogP contribution in [0.5, 0.6) is 5.75 Å². The van der Waals surface area contributed by atoms with Gasteiger partial charge in [0, 0.05) is 25.6 Å². The number of aliphatic hydroxyl groups is 1. The van der Waals surface area contributed by atoms with Crippen molar-refractivity contribution < 1.29 is 14.6 Å². The summed E-state index contributed by atoms with van der Waals surface area (Å²) in [5.74, 6) is 0.816. The molecule has 0 aromatic heterocycles. The van der Waals surface area contributed by atoms with Crippen LogP contribution in [0.4, 0.5) is 0 Å². The third-order valence-electron chi connectivity index (χ3n) is 5.71. The first kappa shape index (κ1) is 19.9. The second kappa shape index (κ2) is 8.87. The second-order valence-electron chi connectivity index (χ2n) is 7.58. The Kier molecular flexibility index (Phi) is 6.53. The van der Waals surface area contributed by atoms with Crippen LogP contribution in [0.25, 0.3) is 0 Å². The molecule has 4 nitrogen and oxygen atoms in total. The molecule has 0 amide bonds. The fourth-order valence-corrected chi connectivity index (χ4v) is 4.02. The van der Waals surface area contributed by atoms with E-state index in [1.807, 2.05) is 30.3 Å². The van der Waals surface area contributed by atoms with E-state index in [2.05, 4.69) is 43.0 Å². The topological polar surface area (TPSA) is 41.9 Å². The fraction of sp³-hybridized carbons (Fsp3) is 0.478. The molecule has 1 N–H and O–H groups in total. The molecule has 0 spiro atoms. The van der Waals surface area contributed by atoms with E-state index >= 15 is 0 Å². The Morgan fingerprint density at radius 3 is 2.22 bits per heavy atom. The van der Waals surface area contributed by atoms with E-state index in [0.29, 0.717) is 0 Å². The summed E-state index contributed by atoms with van der Waals surface area (Å²) in [6.07, 6.45) is 0. The molecule has 2 aromatic carbocycles. The highest BCUT2D eigenvalue weighted by Crippen LogP contribution is 2.43. The first-order valence-corrected chi connectivity index (χ1v) is 9.77. The maximum absolute atomic E-state index is 12.1. The number of ether oxygens (including phenoxy) is 2. The van der Waals surface area contributed by atoms with Gasteiger partial charge in [-0.05, 0) is 29.2 Å². The van der Waals surface area contributed by atoms with Crippen LogP contribution < -0.4 is 4.74 Å². The number of methoxy groups -OCH3 is 1. The molecule has 0 saturated carbocycles. The van der Waals surface area contributed by atoms with Crippen LogP contribution in [0.2, 0.25) is 0 Å². The lowest BCUT2D eigenvalue weighted by Gasteiger charge is -2.43. The minimum absolute atomic E-state index is 0.0369. The van der Waals surface area contributed by atoms with E-state index in [-0.39, 0.29) is 11.8 Å². The minimum atomic E-state index is -0.980. The van der Waals surface area contributed by atoms with Gasteiger partial charge in [-0.3, -0.25) is 4.90 Å². The minimum Gasteiger partial charge on any atom is -0.497 e. The number of morpholine rings is 1. The van der Waals surface area contributed by atoms with Gasteiger partial charge in [0.25, 0.3) is 0 Å². The third-order valence-corrected chi connectivity index (χ3v) is 5.71. The lowest BCUT2D eigenvalue weighted by Crippen LogP contribution is -2.47. The third kappa shape index (κ3) is 4.34.